The fraction of sp³-hybridized carbons (Fsp3) is 0.643. The van der Waals surface area contributed by atoms with Crippen molar-refractivity contribution in [3.63, 3.8) is 0 Å². The van der Waals surface area contributed by atoms with E-state index in [1.54, 1.807) is 18.4 Å². The van der Waals surface area contributed by atoms with Crippen molar-refractivity contribution >= 4 is 17.5 Å². The molecule has 1 saturated carbocycles. The van der Waals surface area contributed by atoms with Crippen molar-refractivity contribution in [2.75, 3.05) is 25.5 Å². The Morgan fingerprint density at radius 3 is 2.67 bits per heavy atom. The number of hydrogen-bond acceptors (Lipinski definition) is 6. The fourth-order valence-electron chi connectivity index (χ4n) is 9.09. The zero-order chi connectivity index (χ0) is 25.6. The SMILES string of the molecule is C[C@H]1CCN2C[C@]34C[C@@]5(C(=O)Nc6c5cc(O)c5c6OC=CC(C)(C)O5)C(C)(C)[C@@H]3C[C@]12C(=O)N4C. The van der Waals surface area contributed by atoms with Crippen LogP contribution >= 0.6 is 0 Å². The first-order chi connectivity index (χ1) is 16.8. The van der Waals surface area contributed by atoms with E-state index in [1.807, 2.05) is 25.8 Å². The van der Waals surface area contributed by atoms with E-state index in [4.69, 9.17) is 9.47 Å². The van der Waals surface area contributed by atoms with E-state index in [2.05, 4.69) is 31.0 Å². The molecule has 0 aromatic heterocycles. The number of hydrogen-bond donors (Lipinski definition) is 2. The number of fused-ring (bicyclic) bond motifs is 5. The van der Waals surface area contributed by atoms with Gasteiger partial charge in [-0.15, -0.1) is 0 Å². The third-order valence-corrected chi connectivity index (χ3v) is 11.0. The lowest BCUT2D eigenvalue weighted by atomic mass is 9.56. The Bertz CT molecular complexity index is 1290. The molecule has 1 aromatic carbocycles. The van der Waals surface area contributed by atoms with Gasteiger partial charge in [0.05, 0.1) is 22.9 Å². The van der Waals surface area contributed by atoms with E-state index in [9.17, 15) is 14.7 Å². The zero-order valence-electron chi connectivity index (χ0n) is 21.9. The van der Waals surface area contributed by atoms with Gasteiger partial charge in [-0.3, -0.25) is 14.5 Å². The molecule has 3 spiro atoms. The summed E-state index contributed by atoms with van der Waals surface area (Å²) in [4.78, 5) is 32.5. The van der Waals surface area contributed by atoms with E-state index >= 15 is 0 Å². The number of carbonyl (C=O) groups excluding carboxylic acids is 2. The number of rotatable bonds is 0. The molecular weight excluding hydrogens is 458 g/mol. The number of nitrogens with zero attached hydrogens (tertiary/aromatic N) is 2. The van der Waals surface area contributed by atoms with Crippen molar-refractivity contribution in [2.24, 2.45) is 17.3 Å². The van der Waals surface area contributed by atoms with Gasteiger partial charge in [-0.25, -0.2) is 0 Å². The summed E-state index contributed by atoms with van der Waals surface area (Å²) in [6.07, 6.45) is 5.65. The smallest absolute Gasteiger partial charge is 0.243 e. The van der Waals surface area contributed by atoms with Gasteiger partial charge in [-0.2, -0.15) is 0 Å². The second-order valence-electron chi connectivity index (χ2n) is 13.1. The monoisotopic (exact) mass is 493 g/mol. The maximum Gasteiger partial charge on any atom is 0.243 e. The number of amides is 2. The first-order valence-corrected chi connectivity index (χ1v) is 13.1. The van der Waals surface area contributed by atoms with Crippen LogP contribution in [0, 0.1) is 17.3 Å². The Hall–Kier alpha value is -2.74. The summed E-state index contributed by atoms with van der Waals surface area (Å²) in [7, 11) is 1.94. The second kappa shape index (κ2) is 6.21. The van der Waals surface area contributed by atoms with Crippen molar-refractivity contribution in [2.45, 2.75) is 76.0 Å². The number of phenols is 1. The summed E-state index contributed by atoms with van der Waals surface area (Å²) in [6.45, 7) is 12.0. The van der Waals surface area contributed by atoms with Gasteiger partial charge in [0.1, 0.15) is 11.1 Å². The van der Waals surface area contributed by atoms with Gasteiger partial charge in [0.15, 0.2) is 11.5 Å². The van der Waals surface area contributed by atoms with Gasteiger partial charge in [-0.1, -0.05) is 20.8 Å². The van der Waals surface area contributed by atoms with Gasteiger partial charge in [0.2, 0.25) is 17.6 Å². The highest BCUT2D eigenvalue weighted by molar-refractivity contribution is 6.10. The number of benzene rings is 1. The summed E-state index contributed by atoms with van der Waals surface area (Å²) >= 11 is 0. The minimum Gasteiger partial charge on any atom is -0.504 e. The summed E-state index contributed by atoms with van der Waals surface area (Å²) in [6, 6.07) is 1.70. The molecular formula is C28H35N3O5. The molecule has 1 aromatic rings. The van der Waals surface area contributed by atoms with E-state index < -0.39 is 27.5 Å². The first kappa shape index (κ1) is 22.5. The molecule has 192 valence electrons. The maximum atomic E-state index is 14.2. The number of phenolic OH excluding ortho intramolecular Hbond substituents is 1. The number of ether oxygens (including phenoxy) is 2. The highest BCUT2D eigenvalue weighted by atomic mass is 16.5. The summed E-state index contributed by atoms with van der Waals surface area (Å²) in [5.41, 5.74) is -1.70. The van der Waals surface area contributed by atoms with Gasteiger partial charge in [-0.05, 0) is 74.6 Å². The van der Waals surface area contributed by atoms with Gasteiger partial charge >= 0.3 is 0 Å². The molecule has 5 fully saturated rings. The molecule has 8 heteroatoms. The van der Waals surface area contributed by atoms with Crippen molar-refractivity contribution < 1.29 is 24.2 Å². The number of aromatic hydroxyl groups is 1. The number of anilines is 1. The Morgan fingerprint density at radius 2 is 1.92 bits per heavy atom. The molecule has 7 aliphatic rings. The molecule has 36 heavy (non-hydrogen) atoms. The van der Waals surface area contributed by atoms with Crippen LogP contribution in [0.2, 0.25) is 0 Å². The van der Waals surface area contributed by atoms with Crippen LogP contribution in [-0.2, 0) is 15.0 Å². The standard InChI is InChI=1S/C28H35N3O5/c1-15-7-9-31-14-26-13-27(25(4,5)18(26)12-28(15,31)23(34)30(26)6)16-11-17(32)20-21(19(16)29-22(27)33)35-10-8-24(2,3)36-20/h8,10-11,15,18,32H,7,9,12-14H2,1-6H3,(H,29,33)/t15-,18-,26+,27+,28+/m0/s1. The molecule has 0 radical (unpaired) electrons. The average Bonchev–Trinajstić information content (AvgIpc) is 3.29. The molecule has 4 saturated heterocycles. The number of nitrogens with one attached hydrogen (secondary N) is 1. The van der Waals surface area contributed by atoms with Crippen molar-refractivity contribution in [3.05, 3.63) is 24.0 Å². The van der Waals surface area contributed by atoms with Crippen LogP contribution in [0.5, 0.6) is 17.2 Å². The summed E-state index contributed by atoms with van der Waals surface area (Å²) in [5.74, 6) is 1.05. The van der Waals surface area contributed by atoms with Crippen LogP contribution in [0.15, 0.2) is 18.4 Å². The lowest BCUT2D eigenvalue weighted by Crippen LogP contribution is -2.79. The molecule has 1 aliphatic carbocycles. The second-order valence-corrected chi connectivity index (χ2v) is 13.1. The van der Waals surface area contributed by atoms with Crippen LogP contribution in [0.25, 0.3) is 0 Å². The van der Waals surface area contributed by atoms with E-state index in [-0.39, 0.29) is 35.1 Å². The molecule has 2 amide bonds. The highest BCUT2D eigenvalue weighted by Crippen LogP contribution is 2.73. The molecule has 5 atom stereocenters. The Balaban J connectivity index is 1.44. The average molecular weight is 494 g/mol. The molecule has 0 unspecified atom stereocenters. The number of likely N-dealkylation sites (N-methyl/N-ethyl adjacent to an activating group) is 1. The number of carbonyl (C=O) groups is 2. The molecule has 8 nitrogen and oxygen atoms in total. The summed E-state index contributed by atoms with van der Waals surface area (Å²) in [5, 5.41) is 14.3. The topological polar surface area (TPSA) is 91.3 Å². The van der Waals surface area contributed by atoms with Crippen LogP contribution in [-0.4, -0.2) is 63.5 Å². The summed E-state index contributed by atoms with van der Waals surface area (Å²) < 4.78 is 12.1. The lowest BCUT2D eigenvalue weighted by Gasteiger charge is -2.65. The number of piperazine rings is 1. The predicted octanol–water partition coefficient (Wildman–Crippen LogP) is 3.39. The van der Waals surface area contributed by atoms with Gasteiger partial charge < -0.3 is 24.8 Å². The highest BCUT2D eigenvalue weighted by Gasteiger charge is 2.80. The zero-order valence-corrected chi connectivity index (χ0v) is 21.9. The molecule has 6 heterocycles. The molecule has 2 bridgehead atoms. The predicted molar refractivity (Wildman–Crippen MR) is 133 cm³/mol. The fourth-order valence-corrected chi connectivity index (χ4v) is 9.09. The largest absolute Gasteiger partial charge is 0.504 e. The van der Waals surface area contributed by atoms with Crippen LogP contribution in [0.3, 0.4) is 0 Å². The Kier molecular flexibility index (Phi) is 3.87. The van der Waals surface area contributed by atoms with Crippen molar-refractivity contribution in [1.29, 1.82) is 0 Å². The third-order valence-electron chi connectivity index (χ3n) is 11.0. The number of piperidine rings is 2. The van der Waals surface area contributed by atoms with E-state index in [1.165, 1.54) is 0 Å². The van der Waals surface area contributed by atoms with Gasteiger partial charge in [0, 0.05) is 13.6 Å². The minimum absolute atomic E-state index is 0.0406. The van der Waals surface area contributed by atoms with Crippen molar-refractivity contribution in [3.8, 4) is 17.2 Å². The van der Waals surface area contributed by atoms with Crippen molar-refractivity contribution in [1.82, 2.24) is 9.80 Å². The normalized spacial score (nSPS) is 40.8. The lowest BCUT2D eigenvalue weighted by molar-refractivity contribution is -0.189. The Morgan fingerprint density at radius 1 is 1.17 bits per heavy atom. The third kappa shape index (κ3) is 2.15. The Labute approximate surface area is 211 Å². The van der Waals surface area contributed by atoms with E-state index in [0.29, 0.717) is 17.9 Å². The maximum absolute atomic E-state index is 14.2. The first-order valence-electron chi connectivity index (χ1n) is 13.1. The molecule has 2 N–H and O–H groups in total. The van der Waals surface area contributed by atoms with Crippen LogP contribution < -0.4 is 14.8 Å². The minimum atomic E-state index is -0.919. The quantitative estimate of drug-likeness (QED) is 0.539. The van der Waals surface area contributed by atoms with Gasteiger partial charge in [0.25, 0.3) is 0 Å². The van der Waals surface area contributed by atoms with Crippen LogP contribution in [0.1, 0.15) is 59.4 Å². The molecule has 6 aliphatic heterocycles. The molecule has 8 rings (SSSR count). The van der Waals surface area contributed by atoms with E-state index in [0.717, 1.165) is 31.5 Å². The van der Waals surface area contributed by atoms with Crippen LogP contribution in [0.4, 0.5) is 5.69 Å².